The third-order valence-electron chi connectivity index (χ3n) is 8.62. The Bertz CT molecular complexity index is 1330. The molecule has 2 aliphatic heterocycles. The summed E-state index contributed by atoms with van der Waals surface area (Å²) in [5.41, 5.74) is 3.00. The smallest absolute Gasteiger partial charge is 0.490 e. The molecule has 0 spiro atoms. The minimum Gasteiger partial charge on any atom is -0.493 e. The second-order valence-electron chi connectivity index (χ2n) is 11.1. The summed E-state index contributed by atoms with van der Waals surface area (Å²) in [7, 11) is 5.53. The third kappa shape index (κ3) is 7.62. The Hall–Kier alpha value is -3.42. The van der Waals surface area contributed by atoms with Crippen LogP contribution in [-0.4, -0.2) is 94.4 Å². The van der Waals surface area contributed by atoms with Gasteiger partial charge in [-0.1, -0.05) is 17.7 Å². The van der Waals surface area contributed by atoms with E-state index >= 15 is 0 Å². The van der Waals surface area contributed by atoms with Gasteiger partial charge in [-0.25, -0.2) is 9.59 Å². The summed E-state index contributed by atoms with van der Waals surface area (Å²) in [5, 5.41) is 13.9. The van der Waals surface area contributed by atoms with Crippen LogP contribution in [-0.2, 0) is 14.9 Å². The molecule has 3 aliphatic rings. The van der Waals surface area contributed by atoms with Gasteiger partial charge in [0.25, 0.3) is 0 Å². The second kappa shape index (κ2) is 14.1. The van der Waals surface area contributed by atoms with Crippen molar-refractivity contribution in [1.29, 1.82) is 0 Å². The minimum absolute atomic E-state index is 0.0474. The molecular formula is C30H38ClF3N4O6. The van der Waals surface area contributed by atoms with Crippen molar-refractivity contribution in [3.05, 3.63) is 47.0 Å². The molecule has 1 aliphatic carbocycles. The van der Waals surface area contributed by atoms with Crippen molar-refractivity contribution in [3.8, 4) is 11.5 Å². The number of fused-ring (bicyclic) bond motifs is 1. The number of nitrogens with one attached hydrogen (secondary N) is 2. The maximum atomic E-state index is 12.9. The lowest BCUT2D eigenvalue weighted by molar-refractivity contribution is -0.192. The first-order valence-corrected chi connectivity index (χ1v) is 14.7. The highest BCUT2D eigenvalue weighted by Crippen LogP contribution is 2.50. The highest BCUT2D eigenvalue weighted by Gasteiger charge is 2.50. The van der Waals surface area contributed by atoms with Crippen molar-refractivity contribution in [3.63, 3.8) is 0 Å². The van der Waals surface area contributed by atoms with Crippen molar-refractivity contribution in [2.24, 2.45) is 0 Å². The fraction of sp³-hybridized carbons (Fsp3) is 0.533. The fourth-order valence-electron chi connectivity index (χ4n) is 6.39. The third-order valence-corrected chi connectivity index (χ3v) is 8.92. The number of alkyl halides is 3. The van der Waals surface area contributed by atoms with E-state index in [9.17, 15) is 18.0 Å². The van der Waals surface area contributed by atoms with E-state index in [0.717, 1.165) is 62.5 Å². The molecule has 3 unspecified atom stereocenters. The number of carbonyl (C=O) groups excluding carboxylic acids is 1. The van der Waals surface area contributed by atoms with Gasteiger partial charge >= 0.3 is 18.2 Å². The van der Waals surface area contributed by atoms with Crippen molar-refractivity contribution < 1.29 is 42.1 Å². The van der Waals surface area contributed by atoms with Gasteiger partial charge in [-0.05, 0) is 75.2 Å². The number of amides is 2. The first-order valence-electron chi connectivity index (χ1n) is 14.3. The van der Waals surface area contributed by atoms with Gasteiger partial charge in [0, 0.05) is 36.3 Å². The first-order chi connectivity index (χ1) is 20.9. The van der Waals surface area contributed by atoms with Crippen molar-refractivity contribution in [1.82, 2.24) is 10.2 Å². The highest BCUT2D eigenvalue weighted by atomic mass is 35.5. The predicted octanol–water partition coefficient (Wildman–Crippen LogP) is 5.14. The zero-order chi connectivity index (χ0) is 32.1. The Labute approximate surface area is 259 Å². The molecule has 2 aromatic rings. The van der Waals surface area contributed by atoms with E-state index in [2.05, 4.69) is 39.6 Å². The molecule has 44 heavy (non-hydrogen) atoms. The average Bonchev–Trinajstić information content (AvgIpc) is 3.33. The van der Waals surface area contributed by atoms with Crippen molar-refractivity contribution >= 4 is 35.0 Å². The summed E-state index contributed by atoms with van der Waals surface area (Å²) in [5.74, 6) is -1.25. The number of rotatable bonds is 6. The number of anilines is 2. The van der Waals surface area contributed by atoms with E-state index in [1.165, 1.54) is 5.56 Å². The maximum absolute atomic E-state index is 12.9. The number of likely N-dealkylation sites (tertiary alicyclic amines) is 1. The molecule has 2 aromatic carbocycles. The lowest BCUT2D eigenvalue weighted by atomic mass is 9.65. The van der Waals surface area contributed by atoms with Crippen LogP contribution in [0.25, 0.3) is 0 Å². The molecule has 3 N–H and O–H groups in total. The summed E-state index contributed by atoms with van der Waals surface area (Å²) in [6.45, 7) is 4.06. The molecule has 3 atom stereocenters. The Kier molecular flexibility index (Phi) is 10.7. The molecule has 0 radical (unpaired) electrons. The lowest BCUT2D eigenvalue weighted by Crippen LogP contribution is -2.52. The lowest BCUT2D eigenvalue weighted by Gasteiger charge is -2.45. The SMILES string of the molecule is COc1ccc(C23CCC(NC(=O)Nc4ccc(N5CCOCC5)c(Cl)c4)CC2N(C)CC3)cc1OC.O=C(O)C(F)(F)F. The number of carbonyl (C=O) groups is 2. The number of ether oxygens (including phenoxy) is 3. The summed E-state index contributed by atoms with van der Waals surface area (Å²) in [6, 6.07) is 12.3. The van der Waals surface area contributed by atoms with Gasteiger partial charge in [0.2, 0.25) is 0 Å². The molecule has 2 heterocycles. The summed E-state index contributed by atoms with van der Waals surface area (Å²) in [4.78, 5) is 26.5. The van der Waals surface area contributed by atoms with E-state index in [4.69, 9.17) is 35.7 Å². The van der Waals surface area contributed by atoms with Gasteiger partial charge in [-0.15, -0.1) is 0 Å². The summed E-state index contributed by atoms with van der Waals surface area (Å²) in [6.07, 6.45) is -1.17. The number of hydrogen-bond acceptors (Lipinski definition) is 7. The molecule has 242 valence electrons. The molecule has 0 aromatic heterocycles. The quantitative estimate of drug-likeness (QED) is 0.397. The Morgan fingerprint density at radius 3 is 2.34 bits per heavy atom. The van der Waals surface area contributed by atoms with Crippen LogP contribution in [0, 0.1) is 0 Å². The maximum Gasteiger partial charge on any atom is 0.490 e. The molecule has 1 saturated carbocycles. The van der Waals surface area contributed by atoms with Gasteiger partial charge in [0.15, 0.2) is 11.5 Å². The second-order valence-corrected chi connectivity index (χ2v) is 11.5. The average molecular weight is 643 g/mol. The van der Waals surface area contributed by atoms with Crippen LogP contribution in [0.15, 0.2) is 36.4 Å². The van der Waals surface area contributed by atoms with E-state index in [-0.39, 0.29) is 17.5 Å². The Morgan fingerprint density at radius 2 is 1.73 bits per heavy atom. The molecule has 2 amide bonds. The highest BCUT2D eigenvalue weighted by molar-refractivity contribution is 6.33. The van der Waals surface area contributed by atoms with Gasteiger partial charge in [-0.3, -0.25) is 0 Å². The number of aliphatic carboxylic acids is 1. The van der Waals surface area contributed by atoms with Crippen LogP contribution in [0.4, 0.5) is 29.3 Å². The zero-order valence-corrected chi connectivity index (χ0v) is 25.6. The number of morpholine rings is 1. The number of methoxy groups -OCH3 is 2. The summed E-state index contributed by atoms with van der Waals surface area (Å²) >= 11 is 6.55. The topological polar surface area (TPSA) is 113 Å². The molecule has 2 saturated heterocycles. The normalized spacial score (nSPS) is 23.6. The monoisotopic (exact) mass is 642 g/mol. The molecule has 10 nitrogen and oxygen atoms in total. The molecule has 3 fully saturated rings. The molecular weight excluding hydrogens is 605 g/mol. The van der Waals surface area contributed by atoms with Crippen molar-refractivity contribution in [2.45, 2.75) is 49.4 Å². The zero-order valence-electron chi connectivity index (χ0n) is 24.9. The van der Waals surface area contributed by atoms with Crippen LogP contribution in [0.3, 0.4) is 0 Å². The largest absolute Gasteiger partial charge is 0.493 e. The standard InChI is InChI=1S/C28H37ClN4O4.C2HF3O2/c1-32-11-10-28(19-4-7-24(35-2)25(16-19)36-3)9-8-21(18-26(28)32)31-27(34)30-20-5-6-23(22(29)17-20)33-12-14-37-15-13-33;3-2(4,5)1(6)7/h4-7,16-17,21,26H,8-15,18H2,1-3H3,(H2,30,31,34);(H,6,7). The Morgan fingerprint density at radius 1 is 1.05 bits per heavy atom. The molecule has 14 heteroatoms. The van der Waals surface area contributed by atoms with Crippen LogP contribution >= 0.6 is 11.6 Å². The minimum atomic E-state index is -5.08. The number of benzene rings is 2. The van der Waals surface area contributed by atoms with Crippen LogP contribution < -0.4 is 25.0 Å². The number of carboxylic acids is 1. The van der Waals surface area contributed by atoms with Gasteiger partial charge < -0.3 is 39.8 Å². The summed E-state index contributed by atoms with van der Waals surface area (Å²) < 4.78 is 48.2. The number of halogens is 4. The van der Waals surface area contributed by atoms with Gasteiger partial charge in [-0.2, -0.15) is 13.2 Å². The van der Waals surface area contributed by atoms with Crippen LogP contribution in [0.5, 0.6) is 11.5 Å². The first kappa shape index (κ1) is 33.5. The number of nitrogens with zero attached hydrogens (tertiary/aromatic N) is 2. The number of hydrogen-bond donors (Lipinski definition) is 3. The fourth-order valence-corrected chi connectivity index (χ4v) is 6.69. The molecule has 0 bridgehead atoms. The van der Waals surface area contributed by atoms with E-state index in [0.29, 0.717) is 30.0 Å². The van der Waals surface area contributed by atoms with Crippen molar-refractivity contribution in [2.75, 3.05) is 64.3 Å². The van der Waals surface area contributed by atoms with Gasteiger partial charge in [0.1, 0.15) is 0 Å². The number of urea groups is 1. The van der Waals surface area contributed by atoms with Crippen LogP contribution in [0.1, 0.15) is 31.2 Å². The van der Waals surface area contributed by atoms with Crippen LogP contribution in [0.2, 0.25) is 5.02 Å². The Balaban J connectivity index is 0.000000566. The van der Waals surface area contributed by atoms with E-state index in [1.807, 2.05) is 24.3 Å². The number of likely N-dealkylation sites (N-methyl/N-ethyl adjacent to an activating group) is 1. The molecule has 5 rings (SSSR count). The predicted molar refractivity (Wildman–Crippen MR) is 160 cm³/mol. The van der Waals surface area contributed by atoms with E-state index in [1.54, 1.807) is 14.2 Å². The van der Waals surface area contributed by atoms with Gasteiger partial charge in [0.05, 0.1) is 38.1 Å². The number of carboxylic acid groups (broad SMARTS) is 1. The van der Waals surface area contributed by atoms with E-state index < -0.39 is 12.1 Å².